The smallest absolute Gasteiger partial charge is 0.259 e. The maximum atomic E-state index is 12.0. The van der Waals surface area contributed by atoms with Crippen LogP contribution in [-0.2, 0) is 6.42 Å². The molecule has 2 aromatic heterocycles. The van der Waals surface area contributed by atoms with Crippen LogP contribution in [0.2, 0.25) is 0 Å². The molecule has 0 aromatic carbocycles. The maximum Gasteiger partial charge on any atom is 0.259 e. The van der Waals surface area contributed by atoms with E-state index in [1.54, 1.807) is 25.4 Å². The number of H-pyrrole nitrogens is 1. The molecule has 0 saturated heterocycles. The summed E-state index contributed by atoms with van der Waals surface area (Å²) in [5.74, 6) is 0.196. The van der Waals surface area contributed by atoms with E-state index < -0.39 is 0 Å². The Kier molecular flexibility index (Phi) is 3.13. The average molecular weight is 231 g/mol. The molecule has 0 aliphatic carbocycles. The van der Waals surface area contributed by atoms with E-state index in [4.69, 9.17) is 0 Å². The molecule has 0 spiro atoms. The van der Waals surface area contributed by atoms with Gasteiger partial charge in [-0.15, -0.1) is 0 Å². The highest BCUT2D eigenvalue weighted by Gasteiger charge is 2.13. The monoisotopic (exact) mass is 231 g/mol. The number of nitrogens with zero attached hydrogens (tertiary/aromatic N) is 3. The van der Waals surface area contributed by atoms with Crippen LogP contribution in [0.4, 0.5) is 5.95 Å². The van der Waals surface area contributed by atoms with Crippen molar-refractivity contribution in [1.82, 2.24) is 20.2 Å². The predicted molar refractivity (Wildman–Crippen MR) is 62.7 cm³/mol. The summed E-state index contributed by atoms with van der Waals surface area (Å²) in [5, 5.41) is 10.6. The molecule has 2 rings (SSSR count). The third-order valence-electron chi connectivity index (χ3n) is 2.30. The molecule has 2 N–H and O–H groups in total. The first-order chi connectivity index (χ1) is 8.20. The summed E-state index contributed by atoms with van der Waals surface area (Å²) in [4.78, 5) is 18.8. The number of carbonyl (C=O) groups excluding carboxylic acids is 1. The van der Waals surface area contributed by atoms with Crippen molar-refractivity contribution in [3.8, 4) is 0 Å². The van der Waals surface area contributed by atoms with E-state index in [-0.39, 0.29) is 5.91 Å². The molecule has 0 aliphatic heterocycles. The van der Waals surface area contributed by atoms with Crippen LogP contribution in [-0.4, -0.2) is 26.1 Å². The van der Waals surface area contributed by atoms with E-state index in [0.29, 0.717) is 29.3 Å². The quantitative estimate of drug-likeness (QED) is 0.834. The molecule has 2 aromatic rings. The molecule has 0 aliphatic rings. The highest BCUT2D eigenvalue weighted by Crippen LogP contribution is 2.09. The van der Waals surface area contributed by atoms with Crippen molar-refractivity contribution < 1.29 is 4.79 Å². The van der Waals surface area contributed by atoms with Crippen molar-refractivity contribution in [2.75, 3.05) is 5.32 Å². The van der Waals surface area contributed by atoms with Crippen molar-refractivity contribution in [1.29, 1.82) is 0 Å². The summed E-state index contributed by atoms with van der Waals surface area (Å²) in [5.41, 5.74) is 1.93. The molecule has 88 valence electrons. The number of imidazole rings is 1. The largest absolute Gasteiger partial charge is 0.331 e. The Morgan fingerprint density at radius 1 is 1.47 bits per heavy atom. The van der Waals surface area contributed by atoms with Gasteiger partial charge >= 0.3 is 0 Å². The second kappa shape index (κ2) is 4.73. The second-order valence-electron chi connectivity index (χ2n) is 3.59. The molecular weight excluding hydrogens is 218 g/mol. The Morgan fingerprint density at radius 3 is 2.94 bits per heavy atom. The highest BCUT2D eigenvalue weighted by molar-refractivity contribution is 6.04. The highest BCUT2D eigenvalue weighted by atomic mass is 16.1. The molecule has 6 heteroatoms. The lowest BCUT2D eigenvalue weighted by molar-refractivity contribution is 0.102. The third kappa shape index (κ3) is 2.47. The zero-order valence-electron chi connectivity index (χ0n) is 9.69. The van der Waals surface area contributed by atoms with Gasteiger partial charge in [-0.2, -0.15) is 10.2 Å². The number of aromatic amines is 1. The molecule has 0 saturated carbocycles. The Labute approximate surface area is 98.5 Å². The second-order valence-corrected chi connectivity index (χ2v) is 3.59. The number of amides is 1. The van der Waals surface area contributed by atoms with Gasteiger partial charge in [0.05, 0.1) is 17.0 Å². The first kappa shape index (κ1) is 11.3. The number of hydrogen-bond acceptors (Lipinski definition) is 4. The van der Waals surface area contributed by atoms with E-state index in [1.807, 2.05) is 6.92 Å². The zero-order valence-corrected chi connectivity index (χ0v) is 9.69. The molecule has 0 radical (unpaired) electrons. The minimum Gasteiger partial charge on any atom is -0.331 e. The fourth-order valence-corrected chi connectivity index (χ4v) is 1.48. The van der Waals surface area contributed by atoms with E-state index in [1.165, 1.54) is 0 Å². The summed E-state index contributed by atoms with van der Waals surface area (Å²) in [7, 11) is 0. The molecule has 1 amide bonds. The number of rotatable bonds is 3. The predicted octanol–water partition coefficient (Wildman–Crippen LogP) is 1.32. The van der Waals surface area contributed by atoms with Crippen LogP contribution in [0.15, 0.2) is 18.5 Å². The number of nitrogens with one attached hydrogen (secondary N) is 2. The summed E-state index contributed by atoms with van der Waals surface area (Å²) in [6.07, 6.45) is 3.88. The van der Waals surface area contributed by atoms with Crippen LogP contribution in [0.5, 0.6) is 0 Å². The lowest BCUT2D eigenvalue weighted by Crippen LogP contribution is -2.16. The number of anilines is 1. The molecule has 0 unspecified atom stereocenters. The molecular formula is C11H13N5O. The summed E-state index contributed by atoms with van der Waals surface area (Å²) >= 11 is 0. The van der Waals surface area contributed by atoms with Crippen LogP contribution in [0.1, 0.15) is 28.7 Å². The minimum atomic E-state index is -0.227. The van der Waals surface area contributed by atoms with Gasteiger partial charge in [-0.25, -0.2) is 4.98 Å². The van der Waals surface area contributed by atoms with Gasteiger partial charge in [0, 0.05) is 12.4 Å². The van der Waals surface area contributed by atoms with Gasteiger partial charge < -0.3 is 4.98 Å². The summed E-state index contributed by atoms with van der Waals surface area (Å²) in [6.45, 7) is 3.74. The number of carbonyl (C=O) groups is 1. The number of aromatic nitrogens is 4. The first-order valence-corrected chi connectivity index (χ1v) is 5.34. The molecule has 6 nitrogen and oxygen atoms in total. The van der Waals surface area contributed by atoms with Crippen molar-refractivity contribution >= 4 is 11.9 Å². The Hall–Kier alpha value is -2.24. The zero-order chi connectivity index (χ0) is 12.3. The fourth-order valence-electron chi connectivity index (χ4n) is 1.48. The standard InChI is InChI=1S/C11H13N5O/c1-3-9-8(6-7(2)15-16-9)10(17)14-11-12-4-5-13-11/h4-6H,3H2,1-2H3,(H2,12,13,14,17). The fraction of sp³-hybridized carbons (Fsp3) is 0.273. The summed E-state index contributed by atoms with van der Waals surface area (Å²) < 4.78 is 0. The van der Waals surface area contributed by atoms with Gasteiger partial charge in [0.2, 0.25) is 5.95 Å². The molecule has 17 heavy (non-hydrogen) atoms. The third-order valence-corrected chi connectivity index (χ3v) is 2.30. The summed E-state index contributed by atoms with van der Waals surface area (Å²) in [6, 6.07) is 1.73. The Morgan fingerprint density at radius 2 is 2.29 bits per heavy atom. The van der Waals surface area contributed by atoms with Crippen molar-refractivity contribution in [3.05, 3.63) is 35.4 Å². The van der Waals surface area contributed by atoms with E-state index in [9.17, 15) is 4.79 Å². The van der Waals surface area contributed by atoms with Crippen molar-refractivity contribution in [3.63, 3.8) is 0 Å². The van der Waals surface area contributed by atoms with Crippen LogP contribution in [0, 0.1) is 6.92 Å². The van der Waals surface area contributed by atoms with Crippen LogP contribution < -0.4 is 5.32 Å². The van der Waals surface area contributed by atoms with Crippen LogP contribution >= 0.6 is 0 Å². The van der Waals surface area contributed by atoms with E-state index >= 15 is 0 Å². The average Bonchev–Trinajstić information content (AvgIpc) is 2.81. The lowest BCUT2D eigenvalue weighted by Gasteiger charge is -2.06. The van der Waals surface area contributed by atoms with Gasteiger partial charge in [-0.3, -0.25) is 10.1 Å². The van der Waals surface area contributed by atoms with Gasteiger partial charge in [0.15, 0.2) is 0 Å². The topological polar surface area (TPSA) is 83.6 Å². The van der Waals surface area contributed by atoms with Crippen LogP contribution in [0.3, 0.4) is 0 Å². The van der Waals surface area contributed by atoms with Crippen LogP contribution in [0.25, 0.3) is 0 Å². The van der Waals surface area contributed by atoms with E-state index in [2.05, 4.69) is 25.5 Å². The normalized spacial score (nSPS) is 10.2. The first-order valence-electron chi connectivity index (χ1n) is 5.34. The maximum absolute atomic E-state index is 12.0. The van der Waals surface area contributed by atoms with Gasteiger partial charge in [-0.05, 0) is 19.4 Å². The number of hydrogen-bond donors (Lipinski definition) is 2. The molecule has 0 bridgehead atoms. The van der Waals surface area contributed by atoms with Crippen molar-refractivity contribution in [2.24, 2.45) is 0 Å². The van der Waals surface area contributed by atoms with Crippen molar-refractivity contribution in [2.45, 2.75) is 20.3 Å². The van der Waals surface area contributed by atoms with E-state index in [0.717, 1.165) is 0 Å². The van der Waals surface area contributed by atoms with Gasteiger partial charge in [-0.1, -0.05) is 6.92 Å². The molecule has 0 atom stereocenters. The van der Waals surface area contributed by atoms with Gasteiger partial charge in [0.1, 0.15) is 0 Å². The Bertz CT molecular complexity index is 521. The SMILES string of the molecule is CCc1nnc(C)cc1C(=O)Nc1ncc[nH]1. The van der Waals surface area contributed by atoms with Gasteiger partial charge in [0.25, 0.3) is 5.91 Å². The lowest BCUT2D eigenvalue weighted by atomic mass is 10.1. The molecule has 0 fully saturated rings. The Balaban J connectivity index is 2.26. The molecule has 2 heterocycles. The number of aryl methyl sites for hydroxylation is 2. The minimum absolute atomic E-state index is 0.227.